The van der Waals surface area contributed by atoms with E-state index in [0.717, 1.165) is 50.6 Å². The van der Waals surface area contributed by atoms with Gasteiger partial charge >= 0.3 is 0 Å². The van der Waals surface area contributed by atoms with E-state index in [9.17, 15) is 9.59 Å². The molecule has 1 heterocycles. The molecule has 5 fully saturated rings. The van der Waals surface area contributed by atoms with Gasteiger partial charge in [0, 0.05) is 36.8 Å². The van der Waals surface area contributed by atoms with Crippen LogP contribution in [0.2, 0.25) is 0 Å². The summed E-state index contributed by atoms with van der Waals surface area (Å²) in [6, 6.07) is 0. The van der Waals surface area contributed by atoms with Gasteiger partial charge in [0.15, 0.2) is 0 Å². The molecule has 8 atom stereocenters. The zero-order chi connectivity index (χ0) is 19.5. The SMILES string of the molecule is C[C@]12CC[C@@H](C=CC3CNC3)CC1C(C=O)C[C@@H]1[C@@H]2CC[C@]2(C)C(=O)CC[C@@H]12. The van der Waals surface area contributed by atoms with Crippen LogP contribution in [0.1, 0.15) is 65.2 Å². The van der Waals surface area contributed by atoms with Crippen molar-refractivity contribution in [2.75, 3.05) is 13.1 Å². The minimum atomic E-state index is -0.0887. The molecule has 1 N–H and O–H groups in total. The summed E-state index contributed by atoms with van der Waals surface area (Å²) in [5.74, 6) is 4.46. The number of carbonyl (C=O) groups is 2. The summed E-state index contributed by atoms with van der Waals surface area (Å²) in [5, 5.41) is 3.35. The molecular formula is C25H37NO2. The van der Waals surface area contributed by atoms with Gasteiger partial charge in [-0.25, -0.2) is 0 Å². The second-order valence-electron chi connectivity index (χ2n) is 11.3. The molecule has 0 aromatic heterocycles. The standard InChI is InChI=1S/C25H37NO2/c1-24-9-7-16(3-4-17-13-26-14-17)11-22(24)18(15-27)12-19-20-5-6-23(28)25(20,2)10-8-21(19)24/h3-4,15-22,26H,5-14H2,1-2H3/t16-,18?,19+,20+,21+,22?,24-,25+/m1/s1. The van der Waals surface area contributed by atoms with Gasteiger partial charge in [0.25, 0.3) is 0 Å². The first-order valence-corrected chi connectivity index (χ1v) is 11.8. The van der Waals surface area contributed by atoms with Crippen LogP contribution in [0.15, 0.2) is 12.2 Å². The van der Waals surface area contributed by atoms with Gasteiger partial charge < -0.3 is 10.1 Å². The predicted octanol–water partition coefficient (Wildman–Crippen LogP) is 4.42. The summed E-state index contributed by atoms with van der Waals surface area (Å²) >= 11 is 0. The van der Waals surface area contributed by atoms with E-state index in [0.29, 0.717) is 34.9 Å². The molecule has 2 unspecified atom stereocenters. The van der Waals surface area contributed by atoms with Crippen molar-refractivity contribution >= 4 is 12.1 Å². The van der Waals surface area contributed by atoms with Crippen LogP contribution in [0.3, 0.4) is 0 Å². The molecule has 3 heteroatoms. The quantitative estimate of drug-likeness (QED) is 0.580. The topological polar surface area (TPSA) is 46.2 Å². The summed E-state index contributed by atoms with van der Waals surface area (Å²) < 4.78 is 0. The molecule has 28 heavy (non-hydrogen) atoms. The molecule has 4 aliphatic carbocycles. The fourth-order valence-electron chi connectivity index (χ4n) is 8.29. The highest BCUT2D eigenvalue weighted by atomic mass is 16.1. The van der Waals surface area contributed by atoms with Crippen molar-refractivity contribution in [3.8, 4) is 0 Å². The lowest BCUT2D eigenvalue weighted by molar-refractivity contribution is -0.152. The number of allylic oxidation sites excluding steroid dienone is 1. The van der Waals surface area contributed by atoms with Crippen LogP contribution < -0.4 is 5.32 Å². The Kier molecular flexibility index (Phi) is 4.61. The second-order valence-corrected chi connectivity index (χ2v) is 11.3. The first-order valence-electron chi connectivity index (χ1n) is 11.8. The van der Waals surface area contributed by atoms with Gasteiger partial charge in [-0.1, -0.05) is 26.0 Å². The molecule has 0 aromatic rings. The number of aldehydes is 1. The van der Waals surface area contributed by atoms with E-state index in [4.69, 9.17) is 0 Å². The number of rotatable bonds is 3. The Morgan fingerprint density at radius 3 is 2.43 bits per heavy atom. The Balaban J connectivity index is 1.38. The average molecular weight is 384 g/mol. The fourth-order valence-corrected chi connectivity index (χ4v) is 8.29. The maximum absolute atomic E-state index is 12.6. The van der Waals surface area contributed by atoms with Gasteiger partial charge in [0.05, 0.1) is 0 Å². The summed E-state index contributed by atoms with van der Waals surface area (Å²) in [6.07, 6.45) is 15.1. The van der Waals surface area contributed by atoms with E-state index >= 15 is 0 Å². The molecule has 0 spiro atoms. The van der Waals surface area contributed by atoms with E-state index < -0.39 is 0 Å². The Hall–Kier alpha value is -0.960. The van der Waals surface area contributed by atoms with Crippen molar-refractivity contribution < 1.29 is 9.59 Å². The number of hydrogen-bond donors (Lipinski definition) is 1. The van der Waals surface area contributed by atoms with Gasteiger partial charge in [0.2, 0.25) is 0 Å². The third-order valence-electron chi connectivity index (χ3n) is 10.2. The fraction of sp³-hybridized carbons (Fsp3) is 0.840. The second kappa shape index (κ2) is 6.79. The lowest BCUT2D eigenvalue weighted by Crippen LogP contribution is -2.56. The average Bonchev–Trinajstić information content (AvgIpc) is 2.95. The lowest BCUT2D eigenvalue weighted by atomic mass is 9.42. The van der Waals surface area contributed by atoms with Gasteiger partial charge in [0.1, 0.15) is 12.1 Å². The van der Waals surface area contributed by atoms with E-state index in [1.807, 2.05) is 0 Å². The molecule has 1 aliphatic heterocycles. The Morgan fingerprint density at radius 2 is 1.71 bits per heavy atom. The van der Waals surface area contributed by atoms with Crippen LogP contribution in [-0.4, -0.2) is 25.2 Å². The first-order chi connectivity index (χ1) is 13.5. The summed E-state index contributed by atoms with van der Waals surface area (Å²) in [7, 11) is 0. The Bertz CT molecular complexity index is 682. The van der Waals surface area contributed by atoms with Gasteiger partial charge in [-0.15, -0.1) is 0 Å². The molecule has 0 bridgehead atoms. The lowest BCUT2D eigenvalue weighted by Gasteiger charge is -2.61. The number of nitrogens with one attached hydrogen (secondary N) is 1. The zero-order valence-electron chi connectivity index (χ0n) is 17.7. The van der Waals surface area contributed by atoms with Crippen molar-refractivity contribution in [2.24, 2.45) is 52.3 Å². The largest absolute Gasteiger partial charge is 0.315 e. The van der Waals surface area contributed by atoms with Crippen LogP contribution in [0.4, 0.5) is 0 Å². The Morgan fingerprint density at radius 1 is 0.929 bits per heavy atom. The van der Waals surface area contributed by atoms with Crippen LogP contribution in [0.5, 0.6) is 0 Å². The molecule has 0 radical (unpaired) electrons. The van der Waals surface area contributed by atoms with E-state index in [1.54, 1.807) is 0 Å². The van der Waals surface area contributed by atoms with Crippen LogP contribution >= 0.6 is 0 Å². The molecule has 0 amide bonds. The number of fused-ring (bicyclic) bond motifs is 5. The highest BCUT2D eigenvalue weighted by Crippen LogP contribution is 2.66. The summed E-state index contributed by atoms with van der Waals surface area (Å²) in [5.41, 5.74) is 0.207. The molecule has 154 valence electrons. The van der Waals surface area contributed by atoms with Crippen molar-refractivity contribution in [3.05, 3.63) is 12.2 Å². The molecule has 5 aliphatic rings. The minimum Gasteiger partial charge on any atom is -0.315 e. The maximum Gasteiger partial charge on any atom is 0.139 e. The Labute approximate surface area is 170 Å². The van der Waals surface area contributed by atoms with Crippen LogP contribution in [-0.2, 0) is 9.59 Å². The molecule has 3 nitrogen and oxygen atoms in total. The van der Waals surface area contributed by atoms with Crippen LogP contribution in [0.25, 0.3) is 0 Å². The van der Waals surface area contributed by atoms with Crippen LogP contribution in [0, 0.1) is 52.3 Å². The van der Waals surface area contributed by atoms with Crippen molar-refractivity contribution in [1.29, 1.82) is 0 Å². The van der Waals surface area contributed by atoms with Gasteiger partial charge in [-0.05, 0) is 80.0 Å². The highest BCUT2D eigenvalue weighted by Gasteiger charge is 2.62. The minimum absolute atomic E-state index is 0.0887. The molecule has 4 saturated carbocycles. The third kappa shape index (κ3) is 2.71. The normalized spacial score (nSPS) is 51.3. The number of ketones is 1. The zero-order valence-corrected chi connectivity index (χ0v) is 17.7. The van der Waals surface area contributed by atoms with Crippen molar-refractivity contribution in [2.45, 2.75) is 65.2 Å². The molecule has 0 aromatic carbocycles. The molecule has 5 rings (SSSR count). The van der Waals surface area contributed by atoms with Gasteiger partial charge in [-0.2, -0.15) is 0 Å². The van der Waals surface area contributed by atoms with Crippen molar-refractivity contribution in [3.63, 3.8) is 0 Å². The number of hydrogen-bond acceptors (Lipinski definition) is 3. The number of carbonyl (C=O) groups excluding carboxylic acids is 2. The van der Waals surface area contributed by atoms with E-state index in [2.05, 4.69) is 31.3 Å². The smallest absolute Gasteiger partial charge is 0.139 e. The predicted molar refractivity (Wildman–Crippen MR) is 111 cm³/mol. The maximum atomic E-state index is 12.6. The third-order valence-corrected chi connectivity index (χ3v) is 10.2. The van der Waals surface area contributed by atoms with Gasteiger partial charge in [-0.3, -0.25) is 4.79 Å². The monoisotopic (exact) mass is 383 g/mol. The number of Topliss-reactive ketones (excluding diaryl/α,β-unsaturated/α-hetero) is 1. The summed E-state index contributed by atoms with van der Waals surface area (Å²) in [4.78, 5) is 24.8. The first kappa shape index (κ1) is 19.0. The van der Waals surface area contributed by atoms with E-state index in [1.165, 1.54) is 32.0 Å². The van der Waals surface area contributed by atoms with Crippen molar-refractivity contribution in [1.82, 2.24) is 5.32 Å². The molecule has 1 saturated heterocycles. The molecular weight excluding hydrogens is 346 g/mol. The highest BCUT2D eigenvalue weighted by molar-refractivity contribution is 5.87. The summed E-state index contributed by atoms with van der Waals surface area (Å²) in [6.45, 7) is 7.01. The van der Waals surface area contributed by atoms with E-state index in [-0.39, 0.29) is 11.3 Å².